The van der Waals surface area contributed by atoms with Crippen molar-refractivity contribution in [2.75, 3.05) is 26.2 Å². The summed E-state index contributed by atoms with van der Waals surface area (Å²) in [5.41, 5.74) is -0.487. The number of piperidine rings is 1. The first-order valence-corrected chi connectivity index (χ1v) is 4.17. The van der Waals surface area contributed by atoms with E-state index in [1.807, 2.05) is 6.92 Å². The lowest BCUT2D eigenvalue weighted by atomic mass is 9.94. The molecule has 11 heavy (non-hydrogen) atoms. The van der Waals surface area contributed by atoms with Crippen molar-refractivity contribution in [3.8, 4) is 0 Å². The monoisotopic (exact) mass is 158 g/mol. The van der Waals surface area contributed by atoms with Gasteiger partial charge >= 0.3 is 0 Å². The fourth-order valence-corrected chi connectivity index (χ4v) is 1.39. The summed E-state index contributed by atoms with van der Waals surface area (Å²) in [5, 5.41) is 19.8. The van der Waals surface area contributed by atoms with Gasteiger partial charge in [0.1, 0.15) is 0 Å². The standard InChI is InChI=1S/C8H16NO2/c1-8(11)2-4-9(5-3-8)6-7-10/h11H,2-7H2,1H3. The molecule has 1 aliphatic rings. The van der Waals surface area contributed by atoms with Crippen LogP contribution in [0.5, 0.6) is 0 Å². The summed E-state index contributed by atoms with van der Waals surface area (Å²) in [4.78, 5) is 2.12. The van der Waals surface area contributed by atoms with Crippen LogP contribution in [0, 0.1) is 0 Å². The van der Waals surface area contributed by atoms with E-state index in [0.717, 1.165) is 25.9 Å². The van der Waals surface area contributed by atoms with Crippen molar-refractivity contribution >= 4 is 0 Å². The molecule has 3 heteroatoms. The molecule has 1 rings (SSSR count). The van der Waals surface area contributed by atoms with Gasteiger partial charge in [0.2, 0.25) is 0 Å². The van der Waals surface area contributed by atoms with E-state index in [1.165, 1.54) is 0 Å². The lowest BCUT2D eigenvalue weighted by molar-refractivity contribution is -0.0111. The molecule has 0 atom stereocenters. The molecule has 1 saturated heterocycles. The maximum absolute atomic E-state index is 10.3. The normalized spacial score (nSPS) is 25.4. The van der Waals surface area contributed by atoms with Gasteiger partial charge in [0.15, 0.2) is 0 Å². The molecular weight excluding hydrogens is 142 g/mol. The molecule has 1 aliphatic heterocycles. The van der Waals surface area contributed by atoms with E-state index in [2.05, 4.69) is 4.90 Å². The molecule has 0 spiro atoms. The first kappa shape index (κ1) is 8.97. The number of likely N-dealkylation sites (tertiary alicyclic amines) is 1. The Morgan fingerprint density at radius 1 is 1.45 bits per heavy atom. The Kier molecular flexibility index (Phi) is 2.87. The summed E-state index contributed by atoms with van der Waals surface area (Å²) in [7, 11) is 0. The van der Waals surface area contributed by atoms with E-state index in [9.17, 15) is 10.2 Å². The molecule has 0 aromatic heterocycles. The Labute approximate surface area is 67.6 Å². The van der Waals surface area contributed by atoms with Gasteiger partial charge in [0.25, 0.3) is 0 Å². The fourth-order valence-electron chi connectivity index (χ4n) is 1.39. The summed E-state index contributed by atoms with van der Waals surface area (Å²) in [6, 6.07) is 0. The van der Waals surface area contributed by atoms with Crippen molar-refractivity contribution in [1.29, 1.82) is 0 Å². The number of hydrogen-bond donors (Lipinski definition) is 1. The topological polar surface area (TPSA) is 43.4 Å². The van der Waals surface area contributed by atoms with Crippen molar-refractivity contribution in [1.82, 2.24) is 4.90 Å². The summed E-state index contributed by atoms with van der Waals surface area (Å²) in [6.45, 7) is 4.21. The number of aliphatic hydroxyl groups is 1. The second-order valence-electron chi connectivity index (χ2n) is 3.54. The Balaban J connectivity index is 2.25. The van der Waals surface area contributed by atoms with Gasteiger partial charge in [-0.25, -0.2) is 5.11 Å². The highest BCUT2D eigenvalue weighted by atomic mass is 16.3. The zero-order chi connectivity index (χ0) is 8.32. The van der Waals surface area contributed by atoms with Gasteiger partial charge in [-0.2, -0.15) is 0 Å². The van der Waals surface area contributed by atoms with Crippen molar-refractivity contribution in [2.24, 2.45) is 0 Å². The van der Waals surface area contributed by atoms with Gasteiger partial charge in [-0.3, -0.25) is 0 Å². The fraction of sp³-hybridized carbons (Fsp3) is 1.00. The molecule has 0 bridgehead atoms. The number of hydrogen-bond acceptors (Lipinski definition) is 2. The average molecular weight is 158 g/mol. The second kappa shape index (κ2) is 3.52. The lowest BCUT2D eigenvalue weighted by Gasteiger charge is -2.35. The van der Waals surface area contributed by atoms with Crippen molar-refractivity contribution in [2.45, 2.75) is 25.4 Å². The minimum Gasteiger partial charge on any atom is -0.390 e. The van der Waals surface area contributed by atoms with E-state index >= 15 is 0 Å². The summed E-state index contributed by atoms with van der Waals surface area (Å²) in [6.07, 6.45) is 1.60. The van der Waals surface area contributed by atoms with Crippen LogP contribution in [-0.2, 0) is 5.11 Å². The average Bonchev–Trinajstić information content (AvgIpc) is 1.94. The largest absolute Gasteiger partial charge is 0.390 e. The predicted octanol–water partition coefficient (Wildman–Crippen LogP) is 0.264. The molecular formula is C8H16NO2. The zero-order valence-electron chi connectivity index (χ0n) is 7.05. The van der Waals surface area contributed by atoms with Crippen LogP contribution in [0.3, 0.4) is 0 Å². The Bertz CT molecular complexity index is 115. The molecule has 3 nitrogen and oxygen atoms in total. The highest BCUT2D eigenvalue weighted by molar-refractivity contribution is 4.81. The van der Waals surface area contributed by atoms with Crippen LogP contribution in [0.15, 0.2) is 0 Å². The van der Waals surface area contributed by atoms with Crippen LogP contribution in [0.25, 0.3) is 0 Å². The molecule has 0 saturated carbocycles. The van der Waals surface area contributed by atoms with E-state index < -0.39 is 5.60 Å². The third kappa shape index (κ3) is 2.77. The first-order chi connectivity index (χ1) is 5.14. The molecule has 0 aromatic rings. The summed E-state index contributed by atoms with van der Waals surface area (Å²) < 4.78 is 0. The Hall–Kier alpha value is -0.120. The maximum Gasteiger partial charge on any atom is 0.0949 e. The van der Waals surface area contributed by atoms with Crippen molar-refractivity contribution < 1.29 is 10.2 Å². The van der Waals surface area contributed by atoms with E-state index in [1.54, 1.807) is 0 Å². The van der Waals surface area contributed by atoms with Crippen LogP contribution in [-0.4, -0.2) is 41.8 Å². The molecule has 0 unspecified atom stereocenters. The molecule has 1 fully saturated rings. The lowest BCUT2D eigenvalue weighted by Crippen LogP contribution is -2.43. The molecule has 0 aliphatic carbocycles. The van der Waals surface area contributed by atoms with Crippen LogP contribution < -0.4 is 0 Å². The van der Waals surface area contributed by atoms with Crippen LogP contribution in [0.4, 0.5) is 0 Å². The van der Waals surface area contributed by atoms with E-state index in [0.29, 0.717) is 6.54 Å². The highest BCUT2D eigenvalue weighted by Crippen LogP contribution is 2.20. The molecule has 1 heterocycles. The van der Waals surface area contributed by atoms with Crippen LogP contribution in [0.2, 0.25) is 0 Å². The van der Waals surface area contributed by atoms with Gasteiger partial charge in [-0.05, 0) is 19.8 Å². The van der Waals surface area contributed by atoms with E-state index in [-0.39, 0.29) is 6.61 Å². The van der Waals surface area contributed by atoms with Crippen molar-refractivity contribution in [3.05, 3.63) is 0 Å². The van der Waals surface area contributed by atoms with Crippen molar-refractivity contribution in [3.63, 3.8) is 0 Å². The zero-order valence-corrected chi connectivity index (χ0v) is 7.05. The highest BCUT2D eigenvalue weighted by Gasteiger charge is 2.26. The van der Waals surface area contributed by atoms with Crippen LogP contribution >= 0.6 is 0 Å². The third-order valence-electron chi connectivity index (χ3n) is 2.34. The number of nitrogens with zero attached hydrogens (tertiary/aromatic N) is 1. The SMILES string of the molecule is CC1(O)CCN(CC[O])CC1. The molecule has 1 N–H and O–H groups in total. The Morgan fingerprint density at radius 2 is 2.00 bits per heavy atom. The molecule has 65 valence electrons. The van der Waals surface area contributed by atoms with Crippen LogP contribution in [0.1, 0.15) is 19.8 Å². The first-order valence-electron chi connectivity index (χ1n) is 4.17. The maximum atomic E-state index is 10.3. The summed E-state index contributed by atoms with van der Waals surface area (Å²) in [5.74, 6) is 0. The second-order valence-corrected chi connectivity index (χ2v) is 3.54. The van der Waals surface area contributed by atoms with Gasteiger partial charge in [-0.15, -0.1) is 0 Å². The molecule has 0 aromatic carbocycles. The quantitative estimate of drug-likeness (QED) is 0.626. The third-order valence-corrected chi connectivity index (χ3v) is 2.34. The smallest absolute Gasteiger partial charge is 0.0949 e. The van der Waals surface area contributed by atoms with Gasteiger partial charge in [0, 0.05) is 19.6 Å². The van der Waals surface area contributed by atoms with E-state index in [4.69, 9.17) is 0 Å². The van der Waals surface area contributed by atoms with Gasteiger partial charge < -0.3 is 10.0 Å². The molecule has 0 amide bonds. The van der Waals surface area contributed by atoms with Gasteiger partial charge in [-0.1, -0.05) is 0 Å². The van der Waals surface area contributed by atoms with Gasteiger partial charge in [0.05, 0.1) is 12.2 Å². The summed E-state index contributed by atoms with van der Waals surface area (Å²) >= 11 is 0. The number of rotatable bonds is 2. The minimum absolute atomic E-state index is 0.0257. The molecule has 1 radical (unpaired) electrons. The predicted molar refractivity (Wildman–Crippen MR) is 41.9 cm³/mol. The minimum atomic E-state index is -0.487. The Morgan fingerprint density at radius 3 is 2.45 bits per heavy atom.